The van der Waals surface area contributed by atoms with Crippen LogP contribution >= 0.6 is 34.8 Å². The maximum absolute atomic E-state index is 9.74. The van der Waals surface area contributed by atoms with Crippen molar-refractivity contribution in [3.05, 3.63) is 0 Å². The van der Waals surface area contributed by atoms with Gasteiger partial charge in [-0.15, -0.1) is 0 Å². The van der Waals surface area contributed by atoms with Crippen molar-refractivity contribution in [3.63, 3.8) is 0 Å². The van der Waals surface area contributed by atoms with Crippen LogP contribution in [0.5, 0.6) is 0 Å². The van der Waals surface area contributed by atoms with Gasteiger partial charge in [-0.3, -0.25) is 0 Å². The predicted molar refractivity (Wildman–Crippen MR) is 31.1 cm³/mol. The second-order valence-corrected chi connectivity index (χ2v) is 4.76. The summed E-state index contributed by atoms with van der Waals surface area (Å²) in [5.74, 6) is 0. The van der Waals surface area contributed by atoms with Crippen molar-refractivity contribution in [3.8, 4) is 0 Å². The first-order valence-electron chi connectivity index (χ1n) is 1.12. The van der Waals surface area contributed by atoms with Crippen LogP contribution in [0.2, 0.25) is 0 Å². The Morgan fingerprint density at radius 2 is 1.57 bits per heavy atom. The molecule has 1 atom stereocenters. The third-order valence-corrected chi connectivity index (χ3v) is 1.78. The third-order valence-electron chi connectivity index (χ3n) is 0.198. The highest BCUT2D eigenvalue weighted by molar-refractivity contribution is 7.86. The van der Waals surface area contributed by atoms with Crippen molar-refractivity contribution < 1.29 is 8.76 Å². The summed E-state index contributed by atoms with van der Waals surface area (Å²) in [5, 5.41) is 0. The van der Waals surface area contributed by atoms with Crippen LogP contribution in [0.15, 0.2) is 0 Å². The third kappa shape index (κ3) is 3.55. The molecule has 0 bridgehead atoms. The molecule has 2 nitrogen and oxygen atoms in total. The molecule has 0 aliphatic rings. The van der Waals surface area contributed by atoms with Gasteiger partial charge in [-0.1, -0.05) is 34.8 Å². The molecule has 0 rings (SSSR count). The Kier molecular flexibility index (Phi) is 2.86. The molecule has 0 amide bonds. The molecule has 0 aromatic heterocycles. The number of halogens is 3. The number of alkyl halides is 3. The van der Waals surface area contributed by atoms with E-state index >= 15 is 0 Å². The smallest absolute Gasteiger partial charge is 0.291 e. The van der Waals surface area contributed by atoms with Crippen LogP contribution in [0.3, 0.4) is 0 Å². The molecule has 1 unspecified atom stereocenters. The van der Waals surface area contributed by atoms with E-state index in [4.69, 9.17) is 39.4 Å². The van der Waals surface area contributed by atoms with Crippen molar-refractivity contribution in [2.24, 2.45) is 0 Å². The van der Waals surface area contributed by atoms with Gasteiger partial charge < -0.3 is 4.55 Å². The molecule has 0 spiro atoms. The Labute approximate surface area is 58.0 Å². The molecule has 0 heterocycles. The van der Waals surface area contributed by atoms with E-state index in [1.165, 1.54) is 0 Å². The fourth-order valence-corrected chi connectivity index (χ4v) is 0. The van der Waals surface area contributed by atoms with E-state index in [9.17, 15) is 4.21 Å². The Morgan fingerprint density at radius 3 is 1.57 bits per heavy atom. The fourth-order valence-electron chi connectivity index (χ4n) is 0. The van der Waals surface area contributed by atoms with Crippen molar-refractivity contribution in [2.75, 3.05) is 0 Å². The van der Waals surface area contributed by atoms with Gasteiger partial charge in [0.2, 0.25) is 11.1 Å². The molecule has 0 aromatic carbocycles. The van der Waals surface area contributed by atoms with E-state index in [0.29, 0.717) is 0 Å². The van der Waals surface area contributed by atoms with Gasteiger partial charge in [-0.25, -0.2) is 4.21 Å². The van der Waals surface area contributed by atoms with Crippen LogP contribution in [0, 0.1) is 0 Å². The first kappa shape index (κ1) is 7.98. The Morgan fingerprint density at radius 1 is 1.43 bits per heavy atom. The molecule has 6 heteroatoms. The number of rotatable bonds is 0. The topological polar surface area (TPSA) is 37.3 Å². The van der Waals surface area contributed by atoms with Crippen LogP contribution in [-0.4, -0.2) is 11.9 Å². The minimum atomic E-state index is -2.39. The zero-order valence-electron chi connectivity index (χ0n) is 2.90. The minimum Gasteiger partial charge on any atom is -0.303 e. The van der Waals surface area contributed by atoms with E-state index in [-0.39, 0.29) is 0 Å². The zero-order valence-corrected chi connectivity index (χ0v) is 5.98. The van der Waals surface area contributed by atoms with Gasteiger partial charge >= 0.3 is 0 Å². The molecule has 0 saturated heterocycles. The number of hydrogen-bond acceptors (Lipinski definition) is 1. The van der Waals surface area contributed by atoms with Gasteiger partial charge in [0.25, 0.3) is 3.12 Å². The molecule has 0 aromatic rings. The van der Waals surface area contributed by atoms with Gasteiger partial charge in [-0.05, 0) is 0 Å². The largest absolute Gasteiger partial charge is 0.303 e. The summed E-state index contributed by atoms with van der Waals surface area (Å²) in [4.78, 5) is 0. The molecule has 0 aliphatic heterocycles. The molecule has 0 saturated carbocycles. The Balaban J connectivity index is 3.79. The Bertz CT molecular complexity index is 85.4. The van der Waals surface area contributed by atoms with Gasteiger partial charge in [0.1, 0.15) is 0 Å². The van der Waals surface area contributed by atoms with Crippen LogP contribution in [0.1, 0.15) is 0 Å². The Hall–Kier alpha value is 0.980. The summed E-state index contributed by atoms with van der Waals surface area (Å²) in [6.45, 7) is 0. The van der Waals surface area contributed by atoms with Crippen LogP contribution < -0.4 is 0 Å². The normalized spacial score (nSPS) is 16.6. The second-order valence-electron chi connectivity index (χ2n) is 0.695. The summed E-state index contributed by atoms with van der Waals surface area (Å²) in [6.07, 6.45) is 0. The summed E-state index contributed by atoms with van der Waals surface area (Å²) < 4.78 is 15.6. The quantitative estimate of drug-likeness (QED) is 0.457. The van der Waals surface area contributed by atoms with Crippen LogP contribution in [-0.2, 0) is 11.1 Å². The maximum atomic E-state index is 9.74. The molecule has 7 heavy (non-hydrogen) atoms. The molecule has 1 N–H and O–H groups in total. The van der Waals surface area contributed by atoms with Gasteiger partial charge in [0, 0.05) is 0 Å². The summed E-state index contributed by atoms with van der Waals surface area (Å²) in [5.41, 5.74) is 0. The van der Waals surface area contributed by atoms with Crippen LogP contribution in [0.25, 0.3) is 0 Å². The predicted octanol–water partition coefficient (Wildman–Crippen LogP) is 1.54. The molecular weight excluding hydrogens is 182 g/mol. The average Bonchev–Trinajstić information content (AvgIpc) is 1.31. The standard InChI is InChI=1S/CHCl3O2S/c2-1(3,4)7(5)6/h(H,5,6). The van der Waals surface area contributed by atoms with Gasteiger partial charge in [-0.2, -0.15) is 0 Å². The summed E-state index contributed by atoms with van der Waals surface area (Å²) in [6, 6.07) is 0. The first-order chi connectivity index (χ1) is 2.94. The van der Waals surface area contributed by atoms with E-state index < -0.39 is 14.2 Å². The lowest BCUT2D eigenvalue weighted by molar-refractivity contribution is 0.565. The molecule has 0 aliphatic carbocycles. The average molecular weight is 183 g/mol. The van der Waals surface area contributed by atoms with Gasteiger partial charge in [0.15, 0.2) is 0 Å². The second kappa shape index (κ2) is 2.51. The van der Waals surface area contributed by atoms with E-state index in [2.05, 4.69) is 0 Å². The van der Waals surface area contributed by atoms with Gasteiger partial charge in [0.05, 0.1) is 0 Å². The highest BCUT2D eigenvalue weighted by Gasteiger charge is 2.26. The van der Waals surface area contributed by atoms with Crippen LogP contribution in [0.4, 0.5) is 0 Å². The van der Waals surface area contributed by atoms with E-state index in [1.807, 2.05) is 0 Å². The zero-order chi connectivity index (χ0) is 6.08. The lowest BCUT2D eigenvalue weighted by Crippen LogP contribution is -2.09. The monoisotopic (exact) mass is 182 g/mol. The SMILES string of the molecule is O=S(O)C(Cl)(Cl)Cl. The lowest BCUT2D eigenvalue weighted by Gasteiger charge is -2.00. The van der Waals surface area contributed by atoms with E-state index in [0.717, 1.165) is 0 Å². The summed E-state index contributed by atoms with van der Waals surface area (Å²) in [7, 11) is 0. The van der Waals surface area contributed by atoms with Crippen molar-refractivity contribution in [1.82, 2.24) is 0 Å². The lowest BCUT2D eigenvalue weighted by atomic mass is 11.8. The highest BCUT2D eigenvalue weighted by atomic mass is 35.6. The minimum absolute atomic E-state index is 2.06. The van der Waals surface area contributed by atoms with Crippen molar-refractivity contribution >= 4 is 45.9 Å². The first-order valence-corrected chi connectivity index (χ1v) is 3.36. The maximum Gasteiger partial charge on any atom is 0.291 e. The summed E-state index contributed by atoms with van der Waals surface area (Å²) >= 11 is 12.2. The molecule has 0 fully saturated rings. The van der Waals surface area contributed by atoms with E-state index in [1.54, 1.807) is 0 Å². The molecule has 0 radical (unpaired) electrons. The fraction of sp³-hybridized carbons (Fsp3) is 1.00. The van der Waals surface area contributed by atoms with Crippen molar-refractivity contribution in [2.45, 2.75) is 3.12 Å². The number of hydrogen-bond donors (Lipinski definition) is 1. The van der Waals surface area contributed by atoms with Crippen molar-refractivity contribution in [1.29, 1.82) is 0 Å². The molecular formula is CHCl3O2S. The highest BCUT2D eigenvalue weighted by Crippen LogP contribution is 2.28. The molecule has 44 valence electrons.